The van der Waals surface area contributed by atoms with Crippen molar-refractivity contribution in [2.45, 2.75) is 20.0 Å². The van der Waals surface area contributed by atoms with E-state index in [-0.39, 0.29) is 5.56 Å². The second kappa shape index (κ2) is 5.67. The molecule has 0 bridgehead atoms. The molecule has 100 valence electrons. The van der Waals surface area contributed by atoms with Crippen molar-refractivity contribution in [1.29, 1.82) is 0 Å². The average molecular weight is 259 g/mol. The second-order valence-electron chi connectivity index (χ2n) is 4.46. The number of benzene rings is 1. The molecule has 0 amide bonds. The van der Waals surface area contributed by atoms with E-state index in [1.165, 1.54) is 17.3 Å². The number of hydrogen-bond acceptors (Lipinski definition) is 3. The summed E-state index contributed by atoms with van der Waals surface area (Å²) < 4.78 is 1.59. The van der Waals surface area contributed by atoms with E-state index in [0.29, 0.717) is 18.8 Å². The van der Waals surface area contributed by atoms with E-state index < -0.39 is 5.97 Å². The molecule has 2 N–H and O–H groups in total. The number of carboxylic acids is 1. The number of aromatic nitrogens is 2. The molecular formula is C14H17N3O2. The van der Waals surface area contributed by atoms with Crippen LogP contribution in [0.3, 0.4) is 0 Å². The van der Waals surface area contributed by atoms with E-state index in [0.717, 1.165) is 0 Å². The summed E-state index contributed by atoms with van der Waals surface area (Å²) in [5, 5.41) is 16.3. The van der Waals surface area contributed by atoms with Gasteiger partial charge in [-0.3, -0.25) is 4.68 Å². The number of carbonyl (C=O) groups is 1. The number of aromatic carboxylic acids is 1. The Morgan fingerprint density at radius 3 is 2.79 bits per heavy atom. The van der Waals surface area contributed by atoms with Crippen molar-refractivity contribution in [2.24, 2.45) is 7.05 Å². The van der Waals surface area contributed by atoms with Gasteiger partial charge in [0.1, 0.15) is 5.56 Å². The molecule has 1 aromatic heterocycles. The Bertz CT molecular complexity index is 590. The topological polar surface area (TPSA) is 67.2 Å². The van der Waals surface area contributed by atoms with Crippen LogP contribution in [0.1, 0.15) is 27.2 Å². The second-order valence-corrected chi connectivity index (χ2v) is 4.46. The highest BCUT2D eigenvalue weighted by Crippen LogP contribution is 2.09. The number of nitrogens with zero attached hydrogens (tertiary/aromatic N) is 2. The Morgan fingerprint density at radius 2 is 2.11 bits per heavy atom. The van der Waals surface area contributed by atoms with Crippen LogP contribution < -0.4 is 5.32 Å². The minimum Gasteiger partial charge on any atom is -0.478 e. The summed E-state index contributed by atoms with van der Waals surface area (Å²) in [4.78, 5) is 11.0. The third kappa shape index (κ3) is 3.00. The minimum atomic E-state index is -0.944. The molecular weight excluding hydrogens is 242 g/mol. The van der Waals surface area contributed by atoms with Crippen molar-refractivity contribution < 1.29 is 9.90 Å². The number of aryl methyl sites for hydroxylation is 2. The lowest BCUT2D eigenvalue weighted by Crippen LogP contribution is -2.18. The summed E-state index contributed by atoms with van der Waals surface area (Å²) in [6.45, 7) is 3.24. The van der Waals surface area contributed by atoms with Crippen LogP contribution in [0, 0.1) is 6.92 Å². The zero-order valence-electron chi connectivity index (χ0n) is 11.1. The molecule has 0 aliphatic rings. The van der Waals surface area contributed by atoms with Crippen molar-refractivity contribution in [3.8, 4) is 0 Å². The van der Waals surface area contributed by atoms with Gasteiger partial charge < -0.3 is 10.4 Å². The van der Waals surface area contributed by atoms with E-state index in [9.17, 15) is 4.79 Å². The summed E-state index contributed by atoms with van der Waals surface area (Å²) in [5.74, 6) is -0.944. The van der Waals surface area contributed by atoms with Crippen LogP contribution in [0.4, 0.5) is 0 Å². The van der Waals surface area contributed by atoms with Crippen molar-refractivity contribution >= 4 is 5.97 Å². The van der Waals surface area contributed by atoms with Gasteiger partial charge >= 0.3 is 5.97 Å². The van der Waals surface area contributed by atoms with Gasteiger partial charge in [-0.25, -0.2) is 4.79 Å². The van der Waals surface area contributed by atoms with Gasteiger partial charge in [-0.15, -0.1) is 0 Å². The quantitative estimate of drug-likeness (QED) is 0.858. The van der Waals surface area contributed by atoms with Gasteiger partial charge in [-0.05, 0) is 18.1 Å². The molecule has 19 heavy (non-hydrogen) atoms. The molecule has 0 saturated heterocycles. The van der Waals surface area contributed by atoms with Crippen LogP contribution >= 0.6 is 0 Å². The first kappa shape index (κ1) is 13.3. The lowest BCUT2D eigenvalue weighted by atomic mass is 10.1. The highest BCUT2D eigenvalue weighted by molar-refractivity contribution is 5.88. The van der Waals surface area contributed by atoms with Crippen LogP contribution in [-0.2, 0) is 20.1 Å². The smallest absolute Gasteiger partial charge is 0.339 e. The van der Waals surface area contributed by atoms with Gasteiger partial charge in [0.05, 0.1) is 11.9 Å². The zero-order valence-corrected chi connectivity index (χ0v) is 11.1. The van der Waals surface area contributed by atoms with Crippen molar-refractivity contribution in [1.82, 2.24) is 15.1 Å². The SMILES string of the molecule is Cc1ccccc1CNCc1c(C(=O)O)cnn1C. The maximum absolute atomic E-state index is 11.0. The van der Waals surface area contributed by atoms with Crippen molar-refractivity contribution in [3.63, 3.8) is 0 Å². The standard InChI is InChI=1S/C14H17N3O2/c1-10-5-3-4-6-11(10)7-15-9-13-12(14(18)19)8-16-17(13)2/h3-6,8,15H,7,9H2,1-2H3,(H,18,19). The third-order valence-electron chi connectivity index (χ3n) is 3.16. The molecule has 0 radical (unpaired) electrons. The molecule has 5 nitrogen and oxygen atoms in total. The predicted octanol–water partition coefficient (Wildman–Crippen LogP) is 1.72. The Kier molecular flexibility index (Phi) is 3.97. The molecule has 0 unspecified atom stereocenters. The number of hydrogen-bond donors (Lipinski definition) is 2. The molecule has 2 aromatic rings. The molecule has 0 fully saturated rings. The summed E-state index contributed by atoms with van der Waals surface area (Å²) in [7, 11) is 1.75. The monoisotopic (exact) mass is 259 g/mol. The predicted molar refractivity (Wildman–Crippen MR) is 71.9 cm³/mol. The average Bonchev–Trinajstić information content (AvgIpc) is 2.74. The van der Waals surface area contributed by atoms with Gasteiger partial charge in [0, 0.05) is 20.1 Å². The molecule has 0 saturated carbocycles. The van der Waals surface area contributed by atoms with E-state index in [2.05, 4.69) is 29.5 Å². The van der Waals surface area contributed by atoms with Gasteiger partial charge in [0.15, 0.2) is 0 Å². The van der Waals surface area contributed by atoms with Crippen LogP contribution in [0.2, 0.25) is 0 Å². The van der Waals surface area contributed by atoms with Crippen molar-refractivity contribution in [3.05, 3.63) is 52.8 Å². The molecule has 0 spiro atoms. The summed E-state index contributed by atoms with van der Waals surface area (Å²) >= 11 is 0. The van der Waals surface area contributed by atoms with Gasteiger partial charge in [0.2, 0.25) is 0 Å². The number of carboxylic acid groups (broad SMARTS) is 1. The van der Waals surface area contributed by atoms with E-state index >= 15 is 0 Å². The van der Waals surface area contributed by atoms with Crippen LogP contribution in [0.25, 0.3) is 0 Å². The Labute approximate surface area is 111 Å². The molecule has 1 aromatic carbocycles. The molecule has 0 aliphatic heterocycles. The normalized spacial score (nSPS) is 10.6. The summed E-state index contributed by atoms with van der Waals surface area (Å²) in [5.41, 5.74) is 3.36. The van der Waals surface area contributed by atoms with Crippen LogP contribution in [0.5, 0.6) is 0 Å². The lowest BCUT2D eigenvalue weighted by Gasteiger charge is -2.08. The van der Waals surface area contributed by atoms with Gasteiger partial charge in [-0.1, -0.05) is 24.3 Å². The first-order chi connectivity index (χ1) is 9.09. The molecule has 5 heteroatoms. The van der Waals surface area contributed by atoms with E-state index in [1.54, 1.807) is 11.7 Å². The summed E-state index contributed by atoms with van der Waals surface area (Å²) in [6, 6.07) is 8.12. The highest BCUT2D eigenvalue weighted by atomic mass is 16.4. The molecule has 2 rings (SSSR count). The van der Waals surface area contributed by atoms with Crippen LogP contribution in [-0.4, -0.2) is 20.9 Å². The highest BCUT2D eigenvalue weighted by Gasteiger charge is 2.14. The number of rotatable bonds is 5. The Balaban J connectivity index is 2.02. The maximum Gasteiger partial charge on any atom is 0.339 e. The molecule has 0 atom stereocenters. The Hall–Kier alpha value is -2.14. The van der Waals surface area contributed by atoms with Gasteiger partial charge in [0.25, 0.3) is 0 Å². The minimum absolute atomic E-state index is 0.250. The first-order valence-corrected chi connectivity index (χ1v) is 6.09. The largest absolute Gasteiger partial charge is 0.478 e. The Morgan fingerprint density at radius 1 is 1.37 bits per heavy atom. The van der Waals surface area contributed by atoms with E-state index in [1.807, 2.05) is 12.1 Å². The fourth-order valence-corrected chi connectivity index (χ4v) is 1.98. The zero-order chi connectivity index (χ0) is 13.8. The summed E-state index contributed by atoms with van der Waals surface area (Å²) in [6.07, 6.45) is 1.38. The lowest BCUT2D eigenvalue weighted by molar-refractivity contribution is 0.0695. The number of nitrogens with one attached hydrogen (secondary N) is 1. The maximum atomic E-state index is 11.0. The van der Waals surface area contributed by atoms with E-state index in [4.69, 9.17) is 5.11 Å². The molecule has 1 heterocycles. The molecule has 0 aliphatic carbocycles. The fourth-order valence-electron chi connectivity index (χ4n) is 1.98. The fraction of sp³-hybridized carbons (Fsp3) is 0.286. The van der Waals surface area contributed by atoms with Gasteiger partial charge in [-0.2, -0.15) is 5.10 Å². The van der Waals surface area contributed by atoms with Crippen molar-refractivity contribution in [2.75, 3.05) is 0 Å². The first-order valence-electron chi connectivity index (χ1n) is 6.09. The van der Waals surface area contributed by atoms with Crippen LogP contribution in [0.15, 0.2) is 30.5 Å². The third-order valence-corrected chi connectivity index (χ3v) is 3.16.